The minimum atomic E-state index is -0.553. The topological polar surface area (TPSA) is 137 Å². The van der Waals surface area contributed by atoms with Gasteiger partial charge in [-0.3, -0.25) is 9.59 Å². The van der Waals surface area contributed by atoms with E-state index in [4.69, 9.17) is 11.5 Å². The van der Waals surface area contributed by atoms with Gasteiger partial charge in [0.25, 0.3) is 5.91 Å². The minimum Gasteiger partial charge on any atom is -0.379 e. The molecule has 0 aliphatic rings. The zero-order chi connectivity index (χ0) is 11.4. The van der Waals surface area contributed by atoms with E-state index in [0.29, 0.717) is 0 Å². The van der Waals surface area contributed by atoms with E-state index < -0.39 is 17.9 Å². The van der Waals surface area contributed by atoms with E-state index in [2.05, 4.69) is 20.3 Å². The number of nitrogens with two attached hydrogens (primary N) is 2. The van der Waals surface area contributed by atoms with Crippen molar-refractivity contribution < 1.29 is 14.2 Å². The van der Waals surface area contributed by atoms with Crippen LogP contribution in [0.1, 0.15) is 23.8 Å². The van der Waals surface area contributed by atoms with E-state index in [1.54, 1.807) is 6.92 Å². The van der Waals surface area contributed by atoms with Gasteiger partial charge < -0.3 is 16.8 Å². The molecule has 0 aromatic carbocycles. The molecule has 1 atom stereocenters. The molecule has 0 saturated heterocycles. The van der Waals surface area contributed by atoms with Crippen LogP contribution < -0.4 is 16.8 Å². The van der Waals surface area contributed by atoms with E-state index in [1.165, 1.54) is 0 Å². The lowest BCUT2D eigenvalue weighted by Crippen LogP contribution is -2.36. The zero-order valence-corrected chi connectivity index (χ0v) is 8.06. The van der Waals surface area contributed by atoms with Crippen LogP contribution in [0.5, 0.6) is 0 Å². The lowest BCUT2D eigenvalue weighted by atomic mass is 10.2. The Labute approximate surface area is 84.9 Å². The van der Waals surface area contributed by atoms with E-state index in [-0.39, 0.29) is 17.9 Å². The molecule has 1 heterocycles. The maximum atomic E-state index is 11.4. The third-order valence-electron chi connectivity index (χ3n) is 1.61. The van der Waals surface area contributed by atoms with Gasteiger partial charge in [0.2, 0.25) is 17.4 Å². The quantitative estimate of drug-likeness (QED) is 0.565. The number of carbonyl (C=O) groups is 2. The fourth-order valence-electron chi connectivity index (χ4n) is 0.998. The molecule has 0 bridgehead atoms. The van der Waals surface area contributed by atoms with Crippen LogP contribution in [0, 0.1) is 0 Å². The van der Waals surface area contributed by atoms with E-state index in [0.717, 1.165) is 0 Å². The Hall–Kier alpha value is -2.12. The monoisotopic (exact) mass is 213 g/mol. The summed E-state index contributed by atoms with van der Waals surface area (Å²) in [4.78, 5) is 22.0. The largest absolute Gasteiger partial charge is 0.379 e. The molecular formula is C7H11N5O3. The summed E-state index contributed by atoms with van der Waals surface area (Å²) >= 11 is 0. The maximum absolute atomic E-state index is 11.4. The smallest absolute Gasteiger partial charge is 0.277 e. The second kappa shape index (κ2) is 4.40. The third kappa shape index (κ3) is 2.93. The number of hydrogen-bond donors (Lipinski definition) is 3. The number of rotatable bonds is 4. The van der Waals surface area contributed by atoms with Gasteiger partial charge in [-0.1, -0.05) is 0 Å². The van der Waals surface area contributed by atoms with Crippen LogP contribution in [0.2, 0.25) is 0 Å². The summed E-state index contributed by atoms with van der Waals surface area (Å²) in [6.07, 6.45) is 0.0386. The molecule has 5 N–H and O–H groups in total. The molecule has 1 unspecified atom stereocenters. The second-order valence-electron chi connectivity index (χ2n) is 3.04. The van der Waals surface area contributed by atoms with Crippen molar-refractivity contribution in [1.29, 1.82) is 0 Å². The number of primary amides is 1. The summed E-state index contributed by atoms with van der Waals surface area (Å²) in [6, 6.07) is -0.397. The molecule has 1 aromatic heterocycles. The molecule has 1 rings (SSSR count). The van der Waals surface area contributed by atoms with Gasteiger partial charge in [0, 0.05) is 12.5 Å². The molecule has 82 valence electrons. The van der Waals surface area contributed by atoms with Crippen molar-refractivity contribution in [3.05, 3.63) is 5.69 Å². The van der Waals surface area contributed by atoms with E-state index >= 15 is 0 Å². The average Bonchev–Trinajstić information content (AvgIpc) is 2.49. The normalized spacial score (nSPS) is 12.1. The predicted octanol–water partition coefficient (Wildman–Crippen LogP) is -1.35. The van der Waals surface area contributed by atoms with Crippen LogP contribution in [-0.4, -0.2) is 28.2 Å². The second-order valence-corrected chi connectivity index (χ2v) is 3.04. The first-order valence-electron chi connectivity index (χ1n) is 4.18. The van der Waals surface area contributed by atoms with Crippen molar-refractivity contribution >= 4 is 17.6 Å². The average molecular weight is 213 g/mol. The lowest BCUT2D eigenvalue weighted by Gasteiger charge is -2.09. The van der Waals surface area contributed by atoms with Gasteiger partial charge in [-0.15, -0.1) is 0 Å². The fourth-order valence-corrected chi connectivity index (χ4v) is 0.998. The molecule has 0 radical (unpaired) electrons. The van der Waals surface area contributed by atoms with Crippen LogP contribution >= 0.6 is 0 Å². The third-order valence-corrected chi connectivity index (χ3v) is 1.61. The minimum absolute atomic E-state index is 0.0386. The predicted molar refractivity (Wildman–Crippen MR) is 49.4 cm³/mol. The fraction of sp³-hybridized carbons (Fsp3) is 0.429. The molecule has 1 aromatic rings. The summed E-state index contributed by atoms with van der Waals surface area (Å²) in [5.41, 5.74) is 10.1. The van der Waals surface area contributed by atoms with Crippen LogP contribution in [-0.2, 0) is 4.79 Å². The number of hydrogen-bond acceptors (Lipinski definition) is 6. The number of amides is 2. The summed E-state index contributed by atoms with van der Waals surface area (Å²) in [7, 11) is 0. The summed E-state index contributed by atoms with van der Waals surface area (Å²) in [5, 5.41) is 9.03. The Morgan fingerprint density at radius 2 is 2.20 bits per heavy atom. The summed E-state index contributed by atoms with van der Waals surface area (Å²) in [6.45, 7) is 1.63. The van der Waals surface area contributed by atoms with Crippen LogP contribution in [0.3, 0.4) is 0 Å². The van der Waals surface area contributed by atoms with Crippen molar-refractivity contribution in [3.8, 4) is 0 Å². The number of anilines is 1. The molecular weight excluding hydrogens is 202 g/mol. The highest BCUT2D eigenvalue weighted by molar-refractivity contribution is 5.96. The van der Waals surface area contributed by atoms with Gasteiger partial charge in [-0.05, 0) is 17.2 Å². The van der Waals surface area contributed by atoms with Crippen LogP contribution in [0.4, 0.5) is 5.82 Å². The maximum Gasteiger partial charge on any atom is 0.277 e. The molecule has 0 aliphatic heterocycles. The van der Waals surface area contributed by atoms with Gasteiger partial charge in [0.05, 0.1) is 0 Å². The first-order chi connectivity index (χ1) is 7.00. The molecule has 8 nitrogen and oxygen atoms in total. The molecule has 0 fully saturated rings. The standard InChI is InChI=1S/C7H11N5O3/c1-3(2-4(8)13)10-7(14)5-6(9)12-15-11-5/h3H,2H2,1H3,(H2,8,13)(H2,9,12)(H,10,14). The highest BCUT2D eigenvalue weighted by Crippen LogP contribution is 2.04. The first-order valence-corrected chi connectivity index (χ1v) is 4.18. The van der Waals surface area contributed by atoms with Gasteiger partial charge in [0.15, 0.2) is 0 Å². The van der Waals surface area contributed by atoms with Gasteiger partial charge in [-0.2, -0.15) is 0 Å². The number of nitrogens with one attached hydrogen (secondary N) is 1. The Bertz CT molecular complexity index is 374. The lowest BCUT2D eigenvalue weighted by molar-refractivity contribution is -0.118. The highest BCUT2D eigenvalue weighted by atomic mass is 16.6. The van der Waals surface area contributed by atoms with E-state index in [9.17, 15) is 9.59 Å². The SMILES string of the molecule is CC(CC(N)=O)NC(=O)c1nonc1N. The van der Waals surface area contributed by atoms with Crippen LogP contribution in [0.15, 0.2) is 4.63 Å². The summed E-state index contributed by atoms with van der Waals surface area (Å²) < 4.78 is 4.25. The molecule has 0 spiro atoms. The summed E-state index contributed by atoms with van der Waals surface area (Å²) in [5.74, 6) is -1.16. The van der Waals surface area contributed by atoms with Crippen molar-refractivity contribution in [2.75, 3.05) is 5.73 Å². The Balaban J connectivity index is 2.56. The Kier molecular flexibility index (Phi) is 3.21. The Morgan fingerprint density at radius 3 is 2.67 bits per heavy atom. The number of nitrogens with zero attached hydrogens (tertiary/aromatic N) is 2. The van der Waals surface area contributed by atoms with Crippen molar-refractivity contribution in [2.24, 2.45) is 5.73 Å². The first kappa shape index (κ1) is 11.0. The van der Waals surface area contributed by atoms with Gasteiger partial charge in [0.1, 0.15) is 0 Å². The molecule has 0 aliphatic carbocycles. The van der Waals surface area contributed by atoms with Gasteiger partial charge in [-0.25, -0.2) is 4.63 Å². The van der Waals surface area contributed by atoms with Crippen molar-refractivity contribution in [1.82, 2.24) is 15.6 Å². The number of carbonyl (C=O) groups excluding carboxylic acids is 2. The van der Waals surface area contributed by atoms with Crippen LogP contribution in [0.25, 0.3) is 0 Å². The molecule has 0 saturated carbocycles. The van der Waals surface area contributed by atoms with Gasteiger partial charge >= 0.3 is 0 Å². The van der Waals surface area contributed by atoms with Crippen molar-refractivity contribution in [3.63, 3.8) is 0 Å². The highest BCUT2D eigenvalue weighted by Gasteiger charge is 2.18. The molecule has 15 heavy (non-hydrogen) atoms. The Morgan fingerprint density at radius 1 is 1.53 bits per heavy atom. The zero-order valence-electron chi connectivity index (χ0n) is 8.06. The van der Waals surface area contributed by atoms with Crippen molar-refractivity contribution in [2.45, 2.75) is 19.4 Å². The van der Waals surface area contributed by atoms with E-state index in [1.807, 2.05) is 0 Å². The molecule has 2 amide bonds. The number of aromatic nitrogens is 2. The molecule has 8 heteroatoms. The number of nitrogen functional groups attached to an aromatic ring is 1.